The summed E-state index contributed by atoms with van der Waals surface area (Å²) in [6, 6.07) is 10.0. The number of nitrogens with one attached hydrogen (secondary N) is 1. The maximum atomic E-state index is 12.3. The van der Waals surface area contributed by atoms with Crippen molar-refractivity contribution in [3.05, 3.63) is 40.6 Å². The normalized spacial score (nSPS) is 15.9. The largest absolute Gasteiger partial charge is 0.497 e. The molecule has 1 aromatic heterocycles. The van der Waals surface area contributed by atoms with Gasteiger partial charge in [-0.2, -0.15) is 0 Å². The molecule has 5 nitrogen and oxygen atoms in total. The number of nitrogens with two attached hydrogens (primary N) is 1. The smallest absolute Gasteiger partial charge is 0.240 e. The molecule has 1 aliphatic rings. The summed E-state index contributed by atoms with van der Waals surface area (Å²) >= 11 is 1.63. The van der Waals surface area contributed by atoms with Crippen LogP contribution in [0.1, 0.15) is 17.7 Å². The molecule has 3 N–H and O–H groups in total. The molecule has 1 aromatic carbocycles. The third-order valence-electron chi connectivity index (χ3n) is 4.34. The maximum Gasteiger partial charge on any atom is 0.240 e. The number of amides is 1. The van der Waals surface area contributed by atoms with Crippen molar-refractivity contribution >= 4 is 29.7 Å². The highest BCUT2D eigenvalue weighted by Crippen LogP contribution is 2.27. The van der Waals surface area contributed by atoms with E-state index in [0.717, 1.165) is 21.8 Å². The van der Waals surface area contributed by atoms with Gasteiger partial charge in [0.05, 0.1) is 19.2 Å². The summed E-state index contributed by atoms with van der Waals surface area (Å²) < 4.78 is 10.5. The lowest BCUT2D eigenvalue weighted by atomic mass is 9.90. The molecule has 25 heavy (non-hydrogen) atoms. The van der Waals surface area contributed by atoms with Gasteiger partial charge in [0, 0.05) is 18.1 Å². The van der Waals surface area contributed by atoms with Gasteiger partial charge < -0.3 is 20.5 Å². The average molecular weight is 383 g/mol. The Morgan fingerprint density at radius 3 is 2.60 bits per heavy atom. The number of ether oxygens (including phenoxy) is 2. The highest BCUT2D eigenvalue weighted by Gasteiger charge is 2.35. The van der Waals surface area contributed by atoms with Gasteiger partial charge in [0.2, 0.25) is 5.91 Å². The first-order valence-corrected chi connectivity index (χ1v) is 8.85. The molecule has 1 fully saturated rings. The second-order valence-corrected chi connectivity index (χ2v) is 6.98. The first-order chi connectivity index (χ1) is 11.6. The first-order valence-electron chi connectivity index (χ1n) is 7.97. The Hall–Kier alpha value is -1.60. The van der Waals surface area contributed by atoms with Gasteiger partial charge in [-0.3, -0.25) is 4.79 Å². The minimum absolute atomic E-state index is 0. The van der Waals surface area contributed by atoms with Gasteiger partial charge in [-0.05, 0) is 47.5 Å². The summed E-state index contributed by atoms with van der Waals surface area (Å²) in [5, 5.41) is 5.06. The van der Waals surface area contributed by atoms with Gasteiger partial charge in [-0.1, -0.05) is 12.1 Å². The molecule has 0 aliphatic carbocycles. The zero-order valence-corrected chi connectivity index (χ0v) is 15.8. The second-order valence-electron chi connectivity index (χ2n) is 5.98. The van der Waals surface area contributed by atoms with Crippen molar-refractivity contribution in [2.45, 2.75) is 24.9 Å². The second kappa shape index (κ2) is 8.67. The molecule has 2 aromatic rings. The molecule has 0 bridgehead atoms. The summed E-state index contributed by atoms with van der Waals surface area (Å²) in [5.41, 5.74) is 7.66. The van der Waals surface area contributed by atoms with E-state index >= 15 is 0 Å². The fourth-order valence-corrected chi connectivity index (χ4v) is 3.55. The zero-order valence-electron chi connectivity index (χ0n) is 14.1. The van der Waals surface area contributed by atoms with Gasteiger partial charge in [0.15, 0.2) is 0 Å². The van der Waals surface area contributed by atoms with Crippen molar-refractivity contribution in [3.8, 4) is 16.9 Å². The van der Waals surface area contributed by atoms with Crippen LogP contribution in [0.5, 0.6) is 5.75 Å². The predicted octanol–water partition coefficient (Wildman–Crippen LogP) is 2.97. The van der Waals surface area contributed by atoms with Crippen molar-refractivity contribution in [2.75, 3.05) is 20.3 Å². The number of rotatable bonds is 5. The summed E-state index contributed by atoms with van der Waals surface area (Å²) in [5.74, 6) is 0.747. The minimum Gasteiger partial charge on any atom is -0.497 e. The number of halogens is 1. The van der Waals surface area contributed by atoms with Gasteiger partial charge in [-0.15, -0.1) is 23.7 Å². The van der Waals surface area contributed by atoms with Crippen molar-refractivity contribution in [1.29, 1.82) is 0 Å². The number of thiophene rings is 1. The quantitative estimate of drug-likeness (QED) is 0.833. The number of carbonyl (C=O) groups excluding carboxylic acids is 1. The molecule has 1 saturated heterocycles. The van der Waals surface area contributed by atoms with Crippen LogP contribution in [0.15, 0.2) is 35.7 Å². The Morgan fingerprint density at radius 1 is 1.28 bits per heavy atom. The molecular weight excluding hydrogens is 360 g/mol. The summed E-state index contributed by atoms with van der Waals surface area (Å²) in [6.45, 7) is 1.59. The molecule has 136 valence electrons. The van der Waals surface area contributed by atoms with Crippen LogP contribution >= 0.6 is 23.7 Å². The van der Waals surface area contributed by atoms with E-state index in [1.165, 1.54) is 0 Å². The highest BCUT2D eigenvalue weighted by atomic mass is 35.5. The standard InChI is InChI=1S/C18H22N2O3S.ClH/c1-22-15-4-2-13(3-5-15)14-10-16(24-12-14)11-20-17(21)18(19)6-8-23-9-7-18;/h2-5,10,12H,6-9,11,19H2,1H3,(H,20,21);1H. The van der Waals surface area contributed by atoms with Crippen LogP contribution in [-0.2, 0) is 16.1 Å². The van der Waals surface area contributed by atoms with Crippen LogP contribution in [0.25, 0.3) is 11.1 Å². The molecule has 0 saturated carbocycles. The van der Waals surface area contributed by atoms with Crippen LogP contribution in [0, 0.1) is 0 Å². The van der Waals surface area contributed by atoms with E-state index in [2.05, 4.69) is 16.8 Å². The van der Waals surface area contributed by atoms with Gasteiger partial charge in [0.1, 0.15) is 5.75 Å². The topological polar surface area (TPSA) is 73.6 Å². The van der Waals surface area contributed by atoms with E-state index in [0.29, 0.717) is 32.6 Å². The third-order valence-corrected chi connectivity index (χ3v) is 5.27. The number of hydrogen-bond acceptors (Lipinski definition) is 5. The third kappa shape index (κ3) is 4.73. The van der Waals surface area contributed by atoms with Crippen molar-refractivity contribution < 1.29 is 14.3 Å². The molecule has 7 heteroatoms. The van der Waals surface area contributed by atoms with Gasteiger partial charge in [-0.25, -0.2) is 0 Å². The molecule has 1 amide bonds. The lowest BCUT2D eigenvalue weighted by molar-refractivity contribution is -0.129. The maximum absolute atomic E-state index is 12.3. The summed E-state index contributed by atoms with van der Waals surface area (Å²) in [7, 11) is 1.66. The minimum atomic E-state index is -0.797. The van der Waals surface area contributed by atoms with Gasteiger partial charge >= 0.3 is 0 Å². The zero-order chi connectivity index (χ0) is 17.0. The van der Waals surface area contributed by atoms with Crippen molar-refractivity contribution in [2.24, 2.45) is 5.73 Å². The van der Waals surface area contributed by atoms with E-state index in [9.17, 15) is 4.79 Å². The highest BCUT2D eigenvalue weighted by molar-refractivity contribution is 7.10. The molecule has 0 spiro atoms. The SMILES string of the molecule is COc1ccc(-c2csc(CNC(=O)C3(N)CCOCC3)c2)cc1.Cl. The van der Waals surface area contributed by atoms with Crippen molar-refractivity contribution in [1.82, 2.24) is 5.32 Å². The average Bonchev–Trinajstić information content (AvgIpc) is 3.09. The molecule has 1 aliphatic heterocycles. The fraction of sp³-hybridized carbons (Fsp3) is 0.389. The number of carbonyl (C=O) groups is 1. The molecule has 2 heterocycles. The lowest BCUT2D eigenvalue weighted by Gasteiger charge is -2.31. The number of benzene rings is 1. The van der Waals surface area contributed by atoms with E-state index in [1.54, 1.807) is 18.4 Å². The molecule has 0 atom stereocenters. The monoisotopic (exact) mass is 382 g/mol. The Bertz CT molecular complexity index is 697. The predicted molar refractivity (Wildman–Crippen MR) is 102 cm³/mol. The summed E-state index contributed by atoms with van der Waals surface area (Å²) in [6.07, 6.45) is 1.14. The van der Waals surface area contributed by atoms with E-state index < -0.39 is 5.54 Å². The first kappa shape index (κ1) is 19.7. The van der Waals surface area contributed by atoms with Crippen LogP contribution in [0.3, 0.4) is 0 Å². The van der Waals surface area contributed by atoms with Crippen LogP contribution in [0.4, 0.5) is 0 Å². The molecular formula is C18H23ClN2O3S. The van der Waals surface area contributed by atoms with E-state index in [4.69, 9.17) is 15.2 Å². The van der Waals surface area contributed by atoms with Crippen LogP contribution in [-0.4, -0.2) is 31.8 Å². The summed E-state index contributed by atoms with van der Waals surface area (Å²) in [4.78, 5) is 13.4. The van der Waals surface area contributed by atoms with Crippen LogP contribution in [0.2, 0.25) is 0 Å². The number of methoxy groups -OCH3 is 1. The van der Waals surface area contributed by atoms with E-state index in [1.807, 2.05) is 24.3 Å². The number of hydrogen-bond donors (Lipinski definition) is 2. The van der Waals surface area contributed by atoms with Crippen LogP contribution < -0.4 is 15.8 Å². The Balaban J connectivity index is 0.00000225. The fourth-order valence-electron chi connectivity index (χ4n) is 2.71. The Morgan fingerprint density at radius 2 is 1.96 bits per heavy atom. The van der Waals surface area contributed by atoms with Gasteiger partial charge in [0.25, 0.3) is 0 Å². The van der Waals surface area contributed by atoms with Crippen molar-refractivity contribution in [3.63, 3.8) is 0 Å². The molecule has 0 radical (unpaired) electrons. The molecule has 0 unspecified atom stereocenters. The van der Waals surface area contributed by atoms with E-state index in [-0.39, 0.29) is 18.3 Å². The Kier molecular flexibility index (Phi) is 6.84. The lowest BCUT2D eigenvalue weighted by Crippen LogP contribution is -2.56. The molecule has 3 rings (SSSR count). The Labute approximate surface area is 157 Å².